The first-order valence-corrected chi connectivity index (χ1v) is 45.5. The molecule has 0 unspecified atom stereocenters. The summed E-state index contributed by atoms with van der Waals surface area (Å²) in [5, 5.41) is 70.5. The van der Waals surface area contributed by atoms with Crippen molar-refractivity contribution in [1.82, 2.24) is 9.80 Å². The number of halogens is 4. The average Bonchev–Trinajstić information content (AvgIpc) is 1.66. The minimum absolute atomic E-state index is 0. The number of aliphatic carboxylic acids is 2. The van der Waals surface area contributed by atoms with Crippen molar-refractivity contribution < 1.29 is 258 Å². The van der Waals surface area contributed by atoms with E-state index in [0.29, 0.717) is 5.75 Å². The summed E-state index contributed by atoms with van der Waals surface area (Å²) >= 11 is 14.1. The summed E-state index contributed by atoms with van der Waals surface area (Å²) in [5.74, 6) is -5.97. The number of alkyl halides is 1. The fourth-order valence-corrected chi connectivity index (χ4v) is 14.3. The number of benzene rings is 7. The molecule has 2 amide bonds. The maximum atomic E-state index is 11.6. The molecule has 7 aromatic rings. The van der Waals surface area contributed by atoms with Crippen molar-refractivity contribution in [2.45, 2.75) is 65.7 Å². The Morgan fingerprint density at radius 2 is 1.01 bits per heavy atom. The third-order valence-electron chi connectivity index (χ3n) is 17.3. The van der Waals surface area contributed by atoms with Crippen molar-refractivity contribution in [2.75, 3.05) is 122 Å². The average molecular weight is 2560 g/mol. The number of thioether (sulfide) groups is 3. The third-order valence-corrected chi connectivity index (χ3v) is 22.3. The molecule has 34 nitrogen and oxygen atoms in total. The van der Waals surface area contributed by atoms with Gasteiger partial charge in [-0.05, 0) is 225 Å². The number of anilines is 4. The summed E-state index contributed by atoms with van der Waals surface area (Å²) in [7, 11) is 14.1. The summed E-state index contributed by atoms with van der Waals surface area (Å²) in [4.78, 5) is 139. The molecular weight excluding hydrogens is 2460 g/mol. The smallest absolute Gasteiger partial charge is 1.00 e. The SMILES string of the molecule is COC(=O)CBr.COC(=O)CC/C(S)=C(/C#N)C(=O)OC.COC(=O)CN1C(=O)CS/C1=C(\C#N)C(=O)OC.COC(=O)CSC#N.COc1ccc2c(c1)CCN2c1ccc(C)cc1.Cc1ccc(I)cc1.Cc1ccc(N2CCc3ccccc32)cc1.Cl.N#C/C(C(=O)O)=C1\SCC(=O)N1CC(=O)O.O=CO[O-].Oc1ccc(I)cc1.[2H-].[2H][B].[C-]#[N+]CC(=O)OC.[H-].[K+].[K+].[U].c1ccc2c(c1)CCC2. The number of hydrogen-bond donors (Lipinski definition) is 4. The molecule has 0 spiro atoms. The van der Waals surface area contributed by atoms with Crippen LogP contribution < -0.4 is 123 Å². The van der Waals surface area contributed by atoms with E-state index in [2.05, 4.69) is 289 Å². The monoisotopic (exact) mass is 2560 g/mol. The number of nitriles is 4. The summed E-state index contributed by atoms with van der Waals surface area (Å²) in [6.45, 7) is 13.3. The van der Waals surface area contributed by atoms with Gasteiger partial charge in [-0.15, -0.1) is 25.0 Å². The van der Waals surface area contributed by atoms with Crippen LogP contribution in [0.4, 0.5) is 22.7 Å². The number of carboxylic acid groups (broad SMARTS) is 2. The van der Waals surface area contributed by atoms with Crippen molar-refractivity contribution in [3.8, 4) is 35.1 Å². The van der Waals surface area contributed by atoms with Crippen LogP contribution in [0.5, 0.6) is 11.5 Å². The van der Waals surface area contributed by atoms with E-state index < -0.39 is 59.8 Å². The van der Waals surface area contributed by atoms with Crippen molar-refractivity contribution in [3.05, 3.63) is 253 Å². The molecule has 7 aromatic carbocycles. The van der Waals surface area contributed by atoms with Gasteiger partial charge in [-0.3, -0.25) is 48.2 Å². The van der Waals surface area contributed by atoms with Gasteiger partial charge in [-0.25, -0.2) is 25.8 Å². The number of phenols is 1. The van der Waals surface area contributed by atoms with Gasteiger partial charge in [0.25, 0.3) is 6.47 Å². The molecule has 2 radical (unpaired) electrons. The van der Waals surface area contributed by atoms with Gasteiger partial charge in [0.05, 0.1) is 74.8 Å². The Labute approximate surface area is 977 Å². The second-order valence-electron chi connectivity index (χ2n) is 26.1. The molecule has 2 saturated heterocycles. The largest absolute Gasteiger partial charge is 1.00 e. The van der Waals surface area contributed by atoms with Gasteiger partial charge in [0.1, 0.15) is 74.9 Å². The molecule has 4 aliphatic heterocycles. The number of nitrogens with zero attached hydrogens (tertiary/aromatic N) is 9. The van der Waals surface area contributed by atoms with Gasteiger partial charge in [0, 0.05) is 87.4 Å². The second kappa shape index (κ2) is 81.6. The maximum absolute atomic E-state index is 11.6. The van der Waals surface area contributed by atoms with Crippen LogP contribution in [-0.2, 0) is 121 Å². The molecule has 2 fully saturated rings. The minimum Gasteiger partial charge on any atom is -1.00 e. The summed E-state index contributed by atoms with van der Waals surface area (Å²) in [6, 6.07) is 61.5. The number of carbonyl (C=O) groups excluding carboxylic acids is 10. The van der Waals surface area contributed by atoms with Crippen LogP contribution in [0, 0.1) is 110 Å². The number of methoxy groups -OCH3 is 8. The number of amides is 2. The summed E-state index contributed by atoms with van der Waals surface area (Å²) in [6.07, 6.45) is 6.45. The summed E-state index contributed by atoms with van der Waals surface area (Å²) in [5.41, 5.74) is 14.0. The number of esters is 7. The van der Waals surface area contributed by atoms with E-state index in [4.69, 9.17) is 59.1 Å². The molecule has 0 aromatic heterocycles. The zero-order valence-electron chi connectivity index (χ0n) is 80.6. The Bertz CT molecular complexity index is 5300. The fraction of sp³-hybridized carbons (Fsp3) is 0.293. The number of aryl methyl sites for hydroxylation is 5. The van der Waals surface area contributed by atoms with E-state index in [1.54, 1.807) is 47.9 Å². The quantitative estimate of drug-likeness (QED) is 0.00514. The van der Waals surface area contributed by atoms with E-state index in [1.165, 1.54) is 122 Å². The maximum Gasteiger partial charge on any atom is 1.00 e. The predicted molar refractivity (Wildman–Crippen MR) is 537 cm³/mol. The Morgan fingerprint density at radius 1 is 0.587 bits per heavy atom. The van der Waals surface area contributed by atoms with Crippen molar-refractivity contribution >= 4 is 225 Å². The molecule has 0 atom stereocenters. The van der Waals surface area contributed by atoms with Crippen LogP contribution in [0.15, 0.2) is 195 Å². The van der Waals surface area contributed by atoms with Crippen LogP contribution >= 0.6 is 121 Å². The topological polar surface area (TPSA) is 484 Å². The number of rotatable bonds is 18. The Balaban J connectivity index is -0.000000282. The molecule has 726 valence electrons. The molecule has 46 heteroatoms. The number of phenolic OH excluding ortho intramolecular Hbond substituents is 1. The van der Waals surface area contributed by atoms with Crippen molar-refractivity contribution in [3.63, 3.8) is 0 Å². The number of fused-ring (bicyclic) bond motifs is 3. The number of allylic oxidation sites excluding steroid dienone is 1. The number of para-hydroxylation sites is 1. The van der Waals surface area contributed by atoms with E-state index in [1.807, 2.05) is 18.2 Å². The number of thiocyanates is 1. The Kier molecular flexibility index (Phi) is 80.6. The molecule has 0 bridgehead atoms. The molecular formula is C92H101BBrClI2K2N9O25S4U-. The second-order valence-corrected chi connectivity index (χ2v) is 32.4. The number of aromatic hydroxyl groups is 1. The van der Waals surface area contributed by atoms with Crippen LogP contribution in [0.2, 0.25) is 0 Å². The molecule has 1 aliphatic carbocycles. The fourth-order valence-electron chi connectivity index (χ4n) is 10.8. The number of carbonyl (C=O) groups is 12. The molecule has 138 heavy (non-hydrogen) atoms. The first kappa shape index (κ1) is 136. The number of ether oxygens (including phenoxy) is 8. The number of hydrogen-bond acceptors (Lipinski definition) is 33. The molecule has 0 saturated carbocycles. The number of thiol groups is 1. The number of carboxylic acids is 2. The standard InChI is InChI=1S/C16H17NO.C15H15N.C10H10N2O5S.C9H11NO4S.C9H10.C8H6N2O5S.C7H7I.C6H5IO.C4H5NO2S.C4H5NO2.C3H5BrO2.CH2O3.BH.ClH.2K.U.2H/c1-12-3-5-14(6-4-12)17-10-9-13-11-15(18-2)7-8-16(13)17;1-12-6-8-14(9-7-12)16-11-10-13-4-2-3-5-15(13)16;1-16-8(14)4-12-7(13)5-18-9(12)6(3-11)10(15)17-2;1-13-8(11)4-3-7(15)6(5-10)9(12)14-2;1-2-5-9-7-3-6-8(9)4-1;9-1-4(8(14)15)7-10(2-6(12)13)5(11)3-16-7;1-6-2-4-7(8)5-3-6;7-5-1-3-6(8)4-2-5;1-7-4(6)2-8-3-5;1-5-3-4(6)7-2;1-6-3(5)2-4;2-1-4-3;;;;;;;/h3-8,11H,9-10H2,1-2H3;2-9H,10-11H2,1H3;4-5H2,1-2H3;15H,3-4H2,1-2H3;1-2,4-5H,3,6-7H2;2-3H2,(H,12,13)(H,14,15);2-5H,1H3;1-4,8H;2H2,1H3;3H2,2H3;2H2,1H3;1,3H;2*1H;;;;;/q;;;;;;;;;;;;;;2*+1;;2*-1/p-1/b;;9-6+;7-6+;;7-4+;;;;;;;;;;;;;/i;;;;;;;;;;;;1D;;;;;1+1;. The first-order chi connectivity index (χ1) is 64.6. The molecule has 3 N–H and O–H groups in total. The first-order valence-electron chi connectivity index (χ1n) is 39.4. The van der Waals surface area contributed by atoms with Gasteiger partial charge < -0.3 is 80.9 Å². The van der Waals surface area contributed by atoms with Crippen LogP contribution in [0.3, 0.4) is 0 Å². The van der Waals surface area contributed by atoms with Crippen LogP contribution in [0.25, 0.3) is 4.85 Å². The molecule has 12 rings (SSSR count). The van der Waals surface area contributed by atoms with E-state index >= 15 is 0 Å². The predicted octanol–water partition coefficient (Wildman–Crippen LogP) is 7.54. The normalized spacial score (nSPS) is 12.3. The zero-order valence-corrected chi connectivity index (χ0v) is 98.1. The van der Waals surface area contributed by atoms with Gasteiger partial charge in [-0.1, -0.05) is 135 Å². The van der Waals surface area contributed by atoms with Gasteiger partial charge in [0.15, 0.2) is 11.1 Å². The summed E-state index contributed by atoms with van der Waals surface area (Å²) < 4.78 is 43.2. The Hall–Kier alpha value is -7.97. The molecule has 5 aliphatic rings. The van der Waals surface area contributed by atoms with Gasteiger partial charge in [0.2, 0.25) is 11.8 Å². The van der Waals surface area contributed by atoms with Crippen molar-refractivity contribution in [1.29, 1.82) is 22.4 Å². The van der Waals surface area contributed by atoms with Crippen LogP contribution in [0.1, 0.15) is 61.1 Å². The molecule has 4 heterocycles. The van der Waals surface area contributed by atoms with E-state index in [-0.39, 0.29) is 248 Å². The Morgan fingerprint density at radius 3 is 1.38 bits per heavy atom. The van der Waals surface area contributed by atoms with Gasteiger partial charge >= 0.3 is 163 Å². The third kappa shape index (κ3) is 54.9. The van der Waals surface area contributed by atoms with E-state index in [9.17, 15) is 52.7 Å². The zero-order chi connectivity index (χ0) is 102. The van der Waals surface area contributed by atoms with Crippen LogP contribution in [-0.4, -0.2) is 219 Å². The van der Waals surface area contributed by atoms with E-state index in [0.717, 1.165) is 87.4 Å². The van der Waals surface area contributed by atoms with Gasteiger partial charge in [-0.2, -0.15) is 21.0 Å². The van der Waals surface area contributed by atoms with Crippen molar-refractivity contribution in [2.24, 2.45) is 0 Å². The minimum atomic E-state index is -1.48.